The van der Waals surface area contributed by atoms with Crippen LogP contribution in [0.2, 0.25) is 0 Å². The van der Waals surface area contributed by atoms with Crippen LogP contribution >= 0.6 is 0 Å². The number of rotatable bonds is 9. The van der Waals surface area contributed by atoms with Gasteiger partial charge in [0.1, 0.15) is 5.82 Å². The summed E-state index contributed by atoms with van der Waals surface area (Å²) in [6.45, 7) is 3.23. The summed E-state index contributed by atoms with van der Waals surface area (Å²) in [5, 5.41) is 2.78. The van der Waals surface area contributed by atoms with Crippen LogP contribution in [0.5, 0.6) is 11.5 Å². The van der Waals surface area contributed by atoms with Crippen molar-refractivity contribution in [3.8, 4) is 11.5 Å². The van der Waals surface area contributed by atoms with Gasteiger partial charge in [-0.1, -0.05) is 24.3 Å². The van der Waals surface area contributed by atoms with Crippen molar-refractivity contribution in [2.75, 3.05) is 13.7 Å². The number of aryl methyl sites for hydroxylation is 1. The summed E-state index contributed by atoms with van der Waals surface area (Å²) < 4.78 is 13.3. The van der Waals surface area contributed by atoms with Gasteiger partial charge in [0, 0.05) is 6.54 Å². The highest BCUT2D eigenvalue weighted by Crippen LogP contribution is 2.26. The summed E-state index contributed by atoms with van der Waals surface area (Å²) in [5.41, 5.74) is 1.98. The molecule has 1 amide bonds. The van der Waals surface area contributed by atoms with Crippen molar-refractivity contribution in [3.63, 3.8) is 0 Å². The van der Waals surface area contributed by atoms with E-state index in [-0.39, 0.29) is 6.04 Å². The number of carbonyl (C=O) groups is 1. The summed E-state index contributed by atoms with van der Waals surface area (Å²) in [4.78, 5) is 15.5. The number of methoxy groups -OCH3 is 1. The second-order valence-electron chi connectivity index (χ2n) is 5.97. The Morgan fingerprint density at radius 2 is 1.88 bits per heavy atom. The molecule has 1 atom stereocenters. The molecule has 1 aromatic heterocycles. The Morgan fingerprint density at radius 3 is 2.65 bits per heavy atom. The van der Waals surface area contributed by atoms with E-state index in [0.29, 0.717) is 13.0 Å². The molecule has 0 saturated carbocycles. The normalized spacial score (nSPS) is 11.9. The first-order chi connectivity index (χ1) is 12.7. The first kappa shape index (κ1) is 17.8. The van der Waals surface area contributed by atoms with Crippen LogP contribution in [0.4, 0.5) is 0 Å². The maximum absolute atomic E-state index is 10.8. The van der Waals surface area contributed by atoms with Crippen molar-refractivity contribution in [2.45, 2.75) is 25.9 Å². The molecule has 0 aliphatic heterocycles. The number of hydrogen-bond acceptors (Lipinski definition) is 4. The van der Waals surface area contributed by atoms with Crippen LogP contribution in [-0.2, 0) is 11.3 Å². The minimum Gasteiger partial charge on any atom is -0.493 e. The van der Waals surface area contributed by atoms with Crippen LogP contribution in [-0.4, -0.2) is 29.7 Å². The average Bonchev–Trinajstić information content (AvgIpc) is 3.04. The van der Waals surface area contributed by atoms with Crippen LogP contribution in [0.15, 0.2) is 48.5 Å². The lowest BCUT2D eigenvalue weighted by Crippen LogP contribution is -2.21. The largest absolute Gasteiger partial charge is 0.493 e. The van der Waals surface area contributed by atoms with Gasteiger partial charge in [0.05, 0.1) is 30.8 Å². The number of ether oxygens (including phenoxy) is 2. The third-order valence-corrected chi connectivity index (χ3v) is 4.24. The second-order valence-corrected chi connectivity index (χ2v) is 5.97. The monoisotopic (exact) mass is 353 g/mol. The van der Waals surface area contributed by atoms with Gasteiger partial charge >= 0.3 is 0 Å². The van der Waals surface area contributed by atoms with E-state index in [0.717, 1.165) is 41.3 Å². The number of hydrogen-bond donors (Lipinski definition) is 1. The molecular formula is C20H23N3O3. The number of nitrogens with one attached hydrogen (secondary N) is 1. The number of para-hydroxylation sites is 4. The third-order valence-electron chi connectivity index (χ3n) is 4.24. The van der Waals surface area contributed by atoms with Crippen molar-refractivity contribution in [1.82, 2.24) is 14.9 Å². The topological polar surface area (TPSA) is 65.4 Å². The standard InChI is InChI=1S/C20H23N3O3/c1-15(21-14-24)20-22-16-8-3-4-9-17(16)23(20)12-7-13-26-19-11-6-5-10-18(19)25-2/h3-6,8-11,14-15H,7,12-13H2,1-2H3,(H,21,24). The Bertz CT molecular complexity index is 876. The fraction of sp³-hybridized carbons (Fsp3) is 0.300. The SMILES string of the molecule is COc1ccccc1OCCCn1c(C(C)NC=O)nc2ccccc21. The van der Waals surface area contributed by atoms with E-state index in [1.54, 1.807) is 7.11 Å². The zero-order valence-corrected chi connectivity index (χ0v) is 15.0. The van der Waals surface area contributed by atoms with Crippen molar-refractivity contribution < 1.29 is 14.3 Å². The van der Waals surface area contributed by atoms with Gasteiger partial charge in [-0.15, -0.1) is 0 Å². The molecule has 26 heavy (non-hydrogen) atoms. The number of benzene rings is 2. The van der Waals surface area contributed by atoms with Crippen LogP contribution < -0.4 is 14.8 Å². The summed E-state index contributed by atoms with van der Waals surface area (Å²) in [5.74, 6) is 2.31. The van der Waals surface area contributed by atoms with E-state index in [2.05, 4.69) is 14.9 Å². The van der Waals surface area contributed by atoms with E-state index < -0.39 is 0 Å². The summed E-state index contributed by atoms with van der Waals surface area (Å²) in [6.07, 6.45) is 1.51. The van der Waals surface area contributed by atoms with Crippen LogP contribution in [0, 0.1) is 0 Å². The van der Waals surface area contributed by atoms with Gasteiger partial charge in [-0.3, -0.25) is 4.79 Å². The second kappa shape index (κ2) is 8.38. The van der Waals surface area contributed by atoms with Crippen molar-refractivity contribution in [3.05, 3.63) is 54.4 Å². The van der Waals surface area contributed by atoms with Crippen molar-refractivity contribution in [1.29, 1.82) is 0 Å². The predicted octanol–water partition coefficient (Wildman–Crippen LogP) is 3.32. The van der Waals surface area contributed by atoms with E-state index in [1.165, 1.54) is 0 Å². The fourth-order valence-corrected chi connectivity index (χ4v) is 2.98. The van der Waals surface area contributed by atoms with Gasteiger partial charge in [-0.25, -0.2) is 4.98 Å². The lowest BCUT2D eigenvalue weighted by atomic mass is 10.3. The molecule has 3 rings (SSSR count). The molecule has 1 unspecified atom stereocenters. The average molecular weight is 353 g/mol. The quantitative estimate of drug-likeness (QED) is 0.473. The minimum atomic E-state index is -0.157. The molecule has 0 fully saturated rings. The number of nitrogens with zero attached hydrogens (tertiary/aromatic N) is 2. The molecule has 0 radical (unpaired) electrons. The first-order valence-electron chi connectivity index (χ1n) is 8.65. The van der Waals surface area contributed by atoms with E-state index >= 15 is 0 Å². The third kappa shape index (κ3) is 3.79. The number of amides is 1. The minimum absolute atomic E-state index is 0.157. The molecule has 0 spiro atoms. The maximum atomic E-state index is 10.8. The zero-order chi connectivity index (χ0) is 18.4. The predicted molar refractivity (Wildman–Crippen MR) is 100 cm³/mol. The highest BCUT2D eigenvalue weighted by molar-refractivity contribution is 5.76. The van der Waals surface area contributed by atoms with Crippen LogP contribution in [0.1, 0.15) is 25.2 Å². The fourth-order valence-electron chi connectivity index (χ4n) is 2.98. The molecule has 0 bridgehead atoms. The van der Waals surface area contributed by atoms with Crippen molar-refractivity contribution in [2.24, 2.45) is 0 Å². The van der Waals surface area contributed by atoms with E-state index in [4.69, 9.17) is 9.47 Å². The maximum Gasteiger partial charge on any atom is 0.207 e. The van der Waals surface area contributed by atoms with Gasteiger partial charge in [0.2, 0.25) is 6.41 Å². The summed E-state index contributed by atoms with van der Waals surface area (Å²) in [6, 6.07) is 15.4. The molecule has 0 aliphatic carbocycles. The molecule has 2 aromatic carbocycles. The summed E-state index contributed by atoms with van der Waals surface area (Å²) in [7, 11) is 1.63. The molecule has 0 saturated heterocycles. The molecule has 1 N–H and O–H groups in total. The molecule has 1 heterocycles. The first-order valence-corrected chi connectivity index (χ1v) is 8.65. The number of imidazole rings is 1. The van der Waals surface area contributed by atoms with Gasteiger partial charge in [0.15, 0.2) is 11.5 Å². The van der Waals surface area contributed by atoms with Crippen LogP contribution in [0.25, 0.3) is 11.0 Å². The molecular weight excluding hydrogens is 330 g/mol. The van der Waals surface area contributed by atoms with Crippen LogP contribution in [0.3, 0.4) is 0 Å². The Morgan fingerprint density at radius 1 is 1.15 bits per heavy atom. The number of aromatic nitrogens is 2. The molecule has 6 heteroatoms. The van der Waals surface area contributed by atoms with Gasteiger partial charge in [0.25, 0.3) is 0 Å². The smallest absolute Gasteiger partial charge is 0.207 e. The highest BCUT2D eigenvalue weighted by Gasteiger charge is 2.15. The lowest BCUT2D eigenvalue weighted by molar-refractivity contribution is -0.110. The van der Waals surface area contributed by atoms with Gasteiger partial charge in [-0.05, 0) is 37.6 Å². The molecule has 136 valence electrons. The van der Waals surface area contributed by atoms with Crippen molar-refractivity contribution >= 4 is 17.4 Å². The zero-order valence-electron chi connectivity index (χ0n) is 15.0. The van der Waals surface area contributed by atoms with E-state index in [9.17, 15) is 4.79 Å². The number of fused-ring (bicyclic) bond motifs is 1. The Labute approximate surface area is 152 Å². The van der Waals surface area contributed by atoms with E-state index in [1.807, 2.05) is 55.5 Å². The Balaban J connectivity index is 1.71. The Kier molecular flexibility index (Phi) is 5.73. The molecule has 3 aromatic rings. The highest BCUT2D eigenvalue weighted by atomic mass is 16.5. The molecule has 0 aliphatic rings. The summed E-state index contributed by atoms with van der Waals surface area (Å²) >= 11 is 0. The number of carbonyl (C=O) groups excluding carboxylic acids is 1. The van der Waals surface area contributed by atoms with Gasteiger partial charge < -0.3 is 19.4 Å². The van der Waals surface area contributed by atoms with Gasteiger partial charge in [-0.2, -0.15) is 0 Å². The molecule has 6 nitrogen and oxygen atoms in total. The lowest BCUT2D eigenvalue weighted by Gasteiger charge is -2.15. The Hall–Kier alpha value is -3.02.